The van der Waals surface area contributed by atoms with Crippen LogP contribution in [-0.2, 0) is 0 Å². The molecule has 2 nitrogen and oxygen atoms in total. The second-order valence-electron chi connectivity index (χ2n) is 2.31. The summed E-state index contributed by atoms with van der Waals surface area (Å²) >= 11 is 0. The standard InChI is InChI=1S/C9H12N2/c10-7-4-8-11-9-5-2-1-3-6-9/h2,4-8,10-11H,1,3H2/b8-4-,10-7?. The number of rotatable bonds is 3. The lowest BCUT2D eigenvalue weighted by atomic mass is 10.1. The molecular weight excluding hydrogens is 136 g/mol. The summed E-state index contributed by atoms with van der Waals surface area (Å²) in [6.07, 6.45) is 13.3. The summed E-state index contributed by atoms with van der Waals surface area (Å²) in [6.45, 7) is 0. The SMILES string of the molecule is N=C/C=C\NC1=CCCC=C1. The number of allylic oxidation sites excluding steroid dienone is 4. The van der Waals surface area contributed by atoms with Gasteiger partial charge in [-0.1, -0.05) is 12.2 Å². The maximum Gasteiger partial charge on any atom is 0.0336 e. The minimum Gasteiger partial charge on any atom is -0.362 e. The minimum atomic E-state index is 1.11. The van der Waals surface area contributed by atoms with Gasteiger partial charge in [0.1, 0.15) is 0 Å². The third-order valence-corrected chi connectivity index (χ3v) is 1.44. The molecule has 2 heteroatoms. The fourth-order valence-corrected chi connectivity index (χ4v) is 0.913. The molecule has 0 aromatic rings. The molecule has 2 N–H and O–H groups in total. The Kier molecular flexibility index (Phi) is 3.19. The fourth-order valence-electron chi connectivity index (χ4n) is 0.913. The summed E-state index contributed by atoms with van der Waals surface area (Å²) < 4.78 is 0. The molecule has 0 aromatic heterocycles. The molecule has 0 heterocycles. The summed E-state index contributed by atoms with van der Waals surface area (Å²) in [6, 6.07) is 0. The Morgan fingerprint density at radius 2 is 2.36 bits per heavy atom. The van der Waals surface area contributed by atoms with Crippen molar-refractivity contribution in [2.24, 2.45) is 0 Å². The van der Waals surface area contributed by atoms with Crippen LogP contribution in [0.5, 0.6) is 0 Å². The van der Waals surface area contributed by atoms with Gasteiger partial charge in [0.2, 0.25) is 0 Å². The average molecular weight is 148 g/mol. The Bertz CT molecular complexity index is 212. The Hall–Kier alpha value is -1.31. The van der Waals surface area contributed by atoms with E-state index in [0.717, 1.165) is 18.5 Å². The smallest absolute Gasteiger partial charge is 0.0336 e. The van der Waals surface area contributed by atoms with Gasteiger partial charge in [-0.15, -0.1) is 0 Å². The van der Waals surface area contributed by atoms with Crippen molar-refractivity contribution in [2.45, 2.75) is 12.8 Å². The van der Waals surface area contributed by atoms with E-state index in [1.54, 1.807) is 12.3 Å². The average Bonchev–Trinajstić information content (AvgIpc) is 2.07. The van der Waals surface area contributed by atoms with Crippen molar-refractivity contribution in [1.82, 2.24) is 5.32 Å². The van der Waals surface area contributed by atoms with Crippen LogP contribution in [0.2, 0.25) is 0 Å². The van der Waals surface area contributed by atoms with Gasteiger partial charge in [0.05, 0.1) is 0 Å². The molecule has 11 heavy (non-hydrogen) atoms. The zero-order valence-corrected chi connectivity index (χ0v) is 6.38. The van der Waals surface area contributed by atoms with E-state index in [-0.39, 0.29) is 0 Å². The number of hydrogen-bond donors (Lipinski definition) is 2. The van der Waals surface area contributed by atoms with Crippen LogP contribution in [-0.4, -0.2) is 6.21 Å². The largest absolute Gasteiger partial charge is 0.362 e. The van der Waals surface area contributed by atoms with E-state index >= 15 is 0 Å². The highest BCUT2D eigenvalue weighted by Crippen LogP contribution is 2.05. The third kappa shape index (κ3) is 2.85. The number of hydrogen-bond acceptors (Lipinski definition) is 2. The van der Waals surface area contributed by atoms with Crippen LogP contribution in [0, 0.1) is 5.41 Å². The van der Waals surface area contributed by atoms with E-state index in [9.17, 15) is 0 Å². The van der Waals surface area contributed by atoms with Crippen molar-refractivity contribution in [3.8, 4) is 0 Å². The summed E-state index contributed by atoms with van der Waals surface area (Å²) in [5, 5.41) is 9.80. The van der Waals surface area contributed by atoms with Gasteiger partial charge in [-0.25, -0.2) is 0 Å². The van der Waals surface area contributed by atoms with E-state index in [1.807, 2.05) is 0 Å². The first-order valence-electron chi connectivity index (χ1n) is 3.72. The van der Waals surface area contributed by atoms with Gasteiger partial charge < -0.3 is 10.7 Å². The molecule has 0 spiro atoms. The molecule has 0 fully saturated rings. The van der Waals surface area contributed by atoms with Gasteiger partial charge in [0.15, 0.2) is 0 Å². The van der Waals surface area contributed by atoms with Crippen LogP contribution in [0.3, 0.4) is 0 Å². The van der Waals surface area contributed by atoms with Crippen molar-refractivity contribution in [3.63, 3.8) is 0 Å². The topological polar surface area (TPSA) is 35.9 Å². The van der Waals surface area contributed by atoms with Crippen molar-refractivity contribution in [2.75, 3.05) is 0 Å². The molecule has 0 aliphatic heterocycles. The predicted octanol–water partition coefficient (Wildman–Crippen LogP) is 1.97. The molecule has 0 bridgehead atoms. The molecule has 0 aromatic carbocycles. The van der Waals surface area contributed by atoms with Crippen molar-refractivity contribution < 1.29 is 0 Å². The van der Waals surface area contributed by atoms with Crippen LogP contribution in [0.4, 0.5) is 0 Å². The highest BCUT2D eigenvalue weighted by molar-refractivity contribution is 5.67. The first kappa shape index (κ1) is 7.79. The minimum absolute atomic E-state index is 1.11. The van der Waals surface area contributed by atoms with Gasteiger partial charge in [-0.3, -0.25) is 0 Å². The summed E-state index contributed by atoms with van der Waals surface area (Å²) in [4.78, 5) is 0. The van der Waals surface area contributed by atoms with E-state index in [4.69, 9.17) is 5.41 Å². The summed E-state index contributed by atoms with van der Waals surface area (Å²) in [7, 11) is 0. The first-order valence-corrected chi connectivity index (χ1v) is 3.72. The molecule has 0 unspecified atom stereocenters. The van der Waals surface area contributed by atoms with Gasteiger partial charge in [-0.05, 0) is 25.0 Å². The molecule has 1 aliphatic rings. The maximum atomic E-state index is 6.73. The maximum absolute atomic E-state index is 6.73. The van der Waals surface area contributed by atoms with Crippen LogP contribution >= 0.6 is 0 Å². The lowest BCUT2D eigenvalue weighted by Crippen LogP contribution is -2.03. The Balaban J connectivity index is 2.36. The van der Waals surface area contributed by atoms with Crippen LogP contribution in [0.1, 0.15) is 12.8 Å². The van der Waals surface area contributed by atoms with Crippen LogP contribution < -0.4 is 5.32 Å². The normalized spacial score (nSPS) is 16.5. The Morgan fingerprint density at radius 3 is 3.00 bits per heavy atom. The molecule has 1 rings (SSSR count). The van der Waals surface area contributed by atoms with Crippen LogP contribution in [0.15, 0.2) is 36.2 Å². The summed E-state index contributed by atoms with van der Waals surface area (Å²) in [5.74, 6) is 0. The van der Waals surface area contributed by atoms with Gasteiger partial charge >= 0.3 is 0 Å². The molecule has 0 atom stereocenters. The second kappa shape index (κ2) is 4.50. The van der Waals surface area contributed by atoms with Crippen molar-refractivity contribution in [1.29, 1.82) is 5.41 Å². The Labute approximate surface area is 66.8 Å². The Morgan fingerprint density at radius 1 is 1.45 bits per heavy atom. The zero-order valence-electron chi connectivity index (χ0n) is 6.38. The van der Waals surface area contributed by atoms with Crippen molar-refractivity contribution in [3.05, 3.63) is 36.2 Å². The van der Waals surface area contributed by atoms with E-state index in [0.29, 0.717) is 0 Å². The zero-order chi connectivity index (χ0) is 7.94. The third-order valence-electron chi connectivity index (χ3n) is 1.44. The monoisotopic (exact) mass is 148 g/mol. The lowest BCUT2D eigenvalue weighted by Gasteiger charge is -2.04. The van der Waals surface area contributed by atoms with E-state index < -0.39 is 0 Å². The van der Waals surface area contributed by atoms with Gasteiger partial charge in [0.25, 0.3) is 0 Å². The molecule has 0 saturated heterocycles. The highest BCUT2D eigenvalue weighted by atomic mass is 14.8. The molecule has 0 amide bonds. The quantitative estimate of drug-likeness (QED) is 0.590. The highest BCUT2D eigenvalue weighted by Gasteiger charge is 1.91. The molecule has 58 valence electrons. The molecule has 0 radical (unpaired) electrons. The number of nitrogens with one attached hydrogen (secondary N) is 2. The fraction of sp³-hybridized carbons (Fsp3) is 0.222. The summed E-state index contributed by atoms with van der Waals surface area (Å²) in [5.41, 5.74) is 1.12. The second-order valence-corrected chi connectivity index (χ2v) is 2.31. The predicted molar refractivity (Wildman–Crippen MR) is 47.5 cm³/mol. The van der Waals surface area contributed by atoms with Gasteiger partial charge in [-0.2, -0.15) is 0 Å². The molecule has 1 aliphatic carbocycles. The van der Waals surface area contributed by atoms with Gasteiger partial charge in [0, 0.05) is 18.1 Å². The molecule has 0 saturated carbocycles. The lowest BCUT2D eigenvalue weighted by molar-refractivity contribution is 0.969. The van der Waals surface area contributed by atoms with E-state index in [1.165, 1.54) is 6.21 Å². The molecular formula is C9H12N2. The van der Waals surface area contributed by atoms with Crippen LogP contribution in [0.25, 0.3) is 0 Å². The van der Waals surface area contributed by atoms with E-state index in [2.05, 4.69) is 23.5 Å². The van der Waals surface area contributed by atoms with Crippen molar-refractivity contribution >= 4 is 6.21 Å². The first-order chi connectivity index (χ1) is 5.43.